The maximum Gasteiger partial charge on any atom is 0.307 e. The van der Waals surface area contributed by atoms with Crippen LogP contribution < -0.4 is 0 Å². The standard InChI is InChI=1S/C19H30O4/c1-4-6-7-8-9-10-11-12-16-22-18(20)14-13-15-19(21)23-17(3)5-2/h2,4,17H,1,6-16H2,3H3. The van der Waals surface area contributed by atoms with Crippen molar-refractivity contribution in [2.45, 2.75) is 77.2 Å². The number of terminal acetylenes is 1. The van der Waals surface area contributed by atoms with Gasteiger partial charge in [0.2, 0.25) is 0 Å². The SMILES string of the molecule is C#CC(C)OC(=O)CCCC(=O)OCCCCCCCCC=C. The summed E-state index contributed by atoms with van der Waals surface area (Å²) >= 11 is 0. The molecule has 1 unspecified atom stereocenters. The molecular formula is C19H30O4. The monoisotopic (exact) mass is 322 g/mol. The summed E-state index contributed by atoms with van der Waals surface area (Å²) in [6, 6.07) is 0. The highest BCUT2D eigenvalue weighted by Crippen LogP contribution is 2.08. The molecule has 0 radical (unpaired) electrons. The van der Waals surface area contributed by atoms with Crippen LogP contribution in [0.3, 0.4) is 0 Å². The van der Waals surface area contributed by atoms with E-state index in [9.17, 15) is 9.59 Å². The highest BCUT2D eigenvalue weighted by molar-refractivity contribution is 5.72. The van der Waals surface area contributed by atoms with Crippen LogP contribution in [0.4, 0.5) is 0 Å². The van der Waals surface area contributed by atoms with Crippen molar-refractivity contribution in [2.75, 3.05) is 6.61 Å². The van der Waals surface area contributed by atoms with Crippen LogP contribution in [-0.4, -0.2) is 24.6 Å². The number of carbonyl (C=O) groups excluding carboxylic acids is 2. The maximum absolute atomic E-state index is 11.5. The molecule has 0 fully saturated rings. The number of unbranched alkanes of at least 4 members (excludes halogenated alkanes) is 6. The van der Waals surface area contributed by atoms with Gasteiger partial charge in [0.25, 0.3) is 0 Å². The number of esters is 2. The first-order valence-electron chi connectivity index (χ1n) is 8.52. The van der Waals surface area contributed by atoms with Crippen LogP contribution in [0.2, 0.25) is 0 Å². The van der Waals surface area contributed by atoms with Crippen molar-refractivity contribution in [3.8, 4) is 12.3 Å². The summed E-state index contributed by atoms with van der Waals surface area (Å²) in [7, 11) is 0. The first-order chi connectivity index (χ1) is 11.1. The Labute approximate surface area is 140 Å². The third-order valence-electron chi connectivity index (χ3n) is 3.37. The molecule has 4 heteroatoms. The second-order valence-corrected chi connectivity index (χ2v) is 5.57. The minimum absolute atomic E-state index is 0.186. The summed E-state index contributed by atoms with van der Waals surface area (Å²) in [6.45, 7) is 5.79. The van der Waals surface area contributed by atoms with Crippen molar-refractivity contribution in [1.82, 2.24) is 0 Å². The molecule has 0 spiro atoms. The smallest absolute Gasteiger partial charge is 0.307 e. The van der Waals surface area contributed by atoms with Gasteiger partial charge in [-0.15, -0.1) is 13.0 Å². The fourth-order valence-electron chi connectivity index (χ4n) is 2.02. The molecule has 0 aliphatic heterocycles. The van der Waals surface area contributed by atoms with Crippen molar-refractivity contribution in [3.63, 3.8) is 0 Å². The lowest BCUT2D eigenvalue weighted by Crippen LogP contribution is -2.13. The predicted octanol–water partition coefficient (Wildman–Crippen LogP) is 4.18. The zero-order valence-electron chi connectivity index (χ0n) is 14.4. The summed E-state index contributed by atoms with van der Waals surface area (Å²) in [4.78, 5) is 22.8. The van der Waals surface area contributed by atoms with E-state index >= 15 is 0 Å². The molecule has 0 amide bonds. The number of ether oxygens (including phenoxy) is 2. The molecule has 0 aromatic rings. The van der Waals surface area contributed by atoms with Crippen LogP contribution in [-0.2, 0) is 19.1 Å². The van der Waals surface area contributed by atoms with Crippen LogP contribution in [0.1, 0.15) is 71.1 Å². The zero-order chi connectivity index (χ0) is 17.3. The summed E-state index contributed by atoms with van der Waals surface area (Å²) < 4.78 is 10.0. The average Bonchev–Trinajstić information content (AvgIpc) is 2.53. The van der Waals surface area contributed by atoms with Gasteiger partial charge in [0.15, 0.2) is 6.10 Å². The molecule has 4 nitrogen and oxygen atoms in total. The van der Waals surface area contributed by atoms with Crippen LogP contribution in [0.25, 0.3) is 0 Å². The number of hydrogen-bond donors (Lipinski definition) is 0. The minimum Gasteiger partial charge on any atom is -0.466 e. The molecule has 0 bridgehead atoms. The van der Waals surface area contributed by atoms with E-state index in [2.05, 4.69) is 12.5 Å². The van der Waals surface area contributed by atoms with Gasteiger partial charge in [-0.25, -0.2) is 0 Å². The lowest BCUT2D eigenvalue weighted by atomic mass is 10.1. The lowest BCUT2D eigenvalue weighted by Gasteiger charge is -2.07. The molecule has 0 rings (SSSR count). The van der Waals surface area contributed by atoms with E-state index < -0.39 is 6.10 Å². The van der Waals surface area contributed by atoms with Crippen molar-refractivity contribution < 1.29 is 19.1 Å². The number of allylic oxidation sites excluding steroid dienone is 1. The van der Waals surface area contributed by atoms with Gasteiger partial charge in [-0.05, 0) is 32.6 Å². The fraction of sp³-hybridized carbons (Fsp3) is 0.684. The number of carbonyl (C=O) groups is 2. The summed E-state index contributed by atoms with van der Waals surface area (Å²) in [6.07, 6.45) is 15.3. The molecule has 0 aliphatic carbocycles. The Bertz CT molecular complexity index is 381. The Hall–Kier alpha value is -1.76. The molecule has 0 aromatic carbocycles. The van der Waals surface area contributed by atoms with Crippen molar-refractivity contribution >= 4 is 11.9 Å². The Morgan fingerprint density at radius 2 is 1.65 bits per heavy atom. The topological polar surface area (TPSA) is 52.6 Å². The van der Waals surface area contributed by atoms with E-state index in [0.717, 1.165) is 19.3 Å². The van der Waals surface area contributed by atoms with E-state index in [-0.39, 0.29) is 24.8 Å². The first kappa shape index (κ1) is 21.2. The first-order valence-corrected chi connectivity index (χ1v) is 8.52. The molecule has 0 saturated carbocycles. The van der Waals surface area contributed by atoms with Gasteiger partial charge in [0.05, 0.1) is 6.61 Å². The van der Waals surface area contributed by atoms with Crippen LogP contribution in [0.5, 0.6) is 0 Å². The third-order valence-corrected chi connectivity index (χ3v) is 3.37. The van der Waals surface area contributed by atoms with Gasteiger partial charge < -0.3 is 9.47 Å². The maximum atomic E-state index is 11.5. The Balaban J connectivity index is 3.39. The summed E-state index contributed by atoms with van der Waals surface area (Å²) in [5, 5.41) is 0. The summed E-state index contributed by atoms with van der Waals surface area (Å²) in [5.41, 5.74) is 0. The van der Waals surface area contributed by atoms with Gasteiger partial charge in [0.1, 0.15) is 0 Å². The number of hydrogen-bond acceptors (Lipinski definition) is 4. The molecule has 1 atom stereocenters. The molecule has 130 valence electrons. The van der Waals surface area contributed by atoms with Crippen molar-refractivity contribution in [3.05, 3.63) is 12.7 Å². The normalized spacial score (nSPS) is 11.3. The van der Waals surface area contributed by atoms with E-state index in [1.54, 1.807) is 6.92 Å². The molecule has 0 heterocycles. The largest absolute Gasteiger partial charge is 0.466 e. The van der Waals surface area contributed by atoms with E-state index in [1.165, 1.54) is 25.7 Å². The molecule has 0 aliphatic rings. The van der Waals surface area contributed by atoms with E-state index in [0.29, 0.717) is 13.0 Å². The quantitative estimate of drug-likeness (QED) is 0.208. The highest BCUT2D eigenvalue weighted by Gasteiger charge is 2.09. The fourth-order valence-corrected chi connectivity index (χ4v) is 2.02. The predicted molar refractivity (Wildman–Crippen MR) is 91.7 cm³/mol. The Morgan fingerprint density at radius 3 is 2.30 bits per heavy atom. The van der Waals surface area contributed by atoms with Crippen LogP contribution >= 0.6 is 0 Å². The van der Waals surface area contributed by atoms with Gasteiger partial charge >= 0.3 is 11.9 Å². The lowest BCUT2D eigenvalue weighted by molar-refractivity contribution is -0.146. The zero-order valence-corrected chi connectivity index (χ0v) is 14.4. The average molecular weight is 322 g/mol. The highest BCUT2D eigenvalue weighted by atomic mass is 16.5. The van der Waals surface area contributed by atoms with Crippen molar-refractivity contribution in [1.29, 1.82) is 0 Å². The van der Waals surface area contributed by atoms with Gasteiger partial charge in [-0.3, -0.25) is 9.59 Å². The van der Waals surface area contributed by atoms with Crippen LogP contribution in [0.15, 0.2) is 12.7 Å². The number of rotatable bonds is 14. The molecular weight excluding hydrogens is 292 g/mol. The van der Waals surface area contributed by atoms with E-state index in [4.69, 9.17) is 15.9 Å². The van der Waals surface area contributed by atoms with Crippen molar-refractivity contribution in [2.24, 2.45) is 0 Å². The minimum atomic E-state index is -0.522. The molecule has 23 heavy (non-hydrogen) atoms. The second kappa shape index (κ2) is 15.1. The molecule has 0 aromatic heterocycles. The van der Waals surface area contributed by atoms with E-state index in [1.807, 2.05) is 6.08 Å². The van der Waals surface area contributed by atoms with Crippen LogP contribution in [0, 0.1) is 12.3 Å². The second-order valence-electron chi connectivity index (χ2n) is 5.57. The van der Waals surface area contributed by atoms with Gasteiger partial charge in [-0.1, -0.05) is 37.7 Å². The molecule has 0 N–H and O–H groups in total. The summed E-state index contributed by atoms with van der Waals surface area (Å²) in [5.74, 6) is 1.68. The van der Waals surface area contributed by atoms with Gasteiger partial charge in [-0.2, -0.15) is 0 Å². The Kier molecular flexibility index (Phi) is 14.0. The molecule has 0 saturated heterocycles. The third kappa shape index (κ3) is 14.9. The Morgan fingerprint density at radius 1 is 1.04 bits per heavy atom. The van der Waals surface area contributed by atoms with Gasteiger partial charge in [0, 0.05) is 12.8 Å².